The fraction of sp³-hybridized carbons (Fsp3) is 0.192. The Hall–Kier alpha value is -3.83. The number of rotatable bonds is 6. The monoisotopic (exact) mass is 561 g/mol. The smallest absolute Gasteiger partial charge is 0.285 e. The maximum absolute atomic E-state index is 14.6. The topological polar surface area (TPSA) is 118 Å². The summed E-state index contributed by atoms with van der Waals surface area (Å²) in [4.78, 5) is 29.8. The van der Waals surface area contributed by atoms with E-state index in [-0.39, 0.29) is 44.4 Å². The van der Waals surface area contributed by atoms with E-state index in [1.54, 1.807) is 26.0 Å². The number of hydrogen-bond donors (Lipinski definition) is 2. The number of carbonyl (C=O) groups is 1. The number of hydrogen-bond acceptors (Lipinski definition) is 7. The molecule has 38 heavy (non-hydrogen) atoms. The van der Waals surface area contributed by atoms with Gasteiger partial charge in [-0.2, -0.15) is 0 Å². The van der Waals surface area contributed by atoms with Gasteiger partial charge in [-0.15, -0.1) is 0 Å². The van der Waals surface area contributed by atoms with Crippen LogP contribution in [-0.4, -0.2) is 25.6 Å². The predicted molar refractivity (Wildman–Crippen MR) is 141 cm³/mol. The molecule has 0 saturated heterocycles. The van der Waals surface area contributed by atoms with Crippen LogP contribution >= 0.6 is 11.6 Å². The number of aryl methyl sites for hydroxylation is 1. The highest BCUT2D eigenvalue weighted by Gasteiger charge is 2.23. The molecule has 1 amide bonds. The Morgan fingerprint density at radius 3 is 2.53 bits per heavy atom. The summed E-state index contributed by atoms with van der Waals surface area (Å²) in [6.45, 7) is 4.96. The van der Waals surface area contributed by atoms with Gasteiger partial charge in [0.15, 0.2) is 22.8 Å². The number of fused-ring (bicyclic) bond motifs is 1. The Morgan fingerprint density at radius 1 is 1.13 bits per heavy atom. The van der Waals surface area contributed by atoms with E-state index < -0.39 is 39.0 Å². The van der Waals surface area contributed by atoms with E-state index in [4.69, 9.17) is 16.0 Å². The van der Waals surface area contributed by atoms with Crippen LogP contribution in [-0.2, 0) is 10.0 Å². The summed E-state index contributed by atoms with van der Waals surface area (Å²) in [6, 6.07) is 9.19. The van der Waals surface area contributed by atoms with Crippen molar-refractivity contribution in [2.75, 3.05) is 11.6 Å². The molecule has 0 fully saturated rings. The van der Waals surface area contributed by atoms with Crippen molar-refractivity contribution >= 4 is 44.2 Å². The lowest BCUT2D eigenvalue weighted by Gasteiger charge is -2.20. The van der Waals surface area contributed by atoms with E-state index in [0.29, 0.717) is 5.56 Å². The van der Waals surface area contributed by atoms with E-state index in [0.717, 1.165) is 17.9 Å². The van der Waals surface area contributed by atoms with E-state index in [9.17, 15) is 26.8 Å². The molecule has 198 valence electrons. The zero-order valence-corrected chi connectivity index (χ0v) is 22.2. The number of carbonyl (C=O) groups excluding carboxylic acids is 1. The van der Waals surface area contributed by atoms with Gasteiger partial charge < -0.3 is 9.73 Å². The molecule has 2 N–H and O–H groups in total. The van der Waals surface area contributed by atoms with Crippen LogP contribution in [0.2, 0.25) is 5.15 Å². The first-order valence-corrected chi connectivity index (χ1v) is 13.5. The van der Waals surface area contributed by atoms with Crippen LogP contribution < -0.4 is 15.5 Å². The van der Waals surface area contributed by atoms with Crippen molar-refractivity contribution < 1.29 is 26.4 Å². The number of pyridine rings is 1. The maximum Gasteiger partial charge on any atom is 0.285 e. The quantitative estimate of drug-likeness (QED) is 0.308. The van der Waals surface area contributed by atoms with Gasteiger partial charge in [0.2, 0.25) is 10.0 Å². The Balaban J connectivity index is 1.87. The molecule has 0 spiro atoms. The summed E-state index contributed by atoms with van der Waals surface area (Å²) < 4.78 is 59.7. The molecule has 0 aliphatic carbocycles. The minimum Gasteiger partial charge on any atom is -0.455 e. The summed E-state index contributed by atoms with van der Waals surface area (Å²) in [7, 11) is -3.88. The molecule has 0 saturated carbocycles. The largest absolute Gasteiger partial charge is 0.455 e. The SMILES string of the molecule is Cc1cc(C(C)Nc2ccc(Cl)nc2C(=O)NS(C)(=O)=O)c2oc(-c3cccc(F)c3F)c(C)c(=O)c2c1. The van der Waals surface area contributed by atoms with Crippen molar-refractivity contribution in [3.63, 3.8) is 0 Å². The van der Waals surface area contributed by atoms with Crippen molar-refractivity contribution in [1.82, 2.24) is 9.71 Å². The molecule has 1 atom stereocenters. The molecular formula is C26H22ClF2N3O5S. The molecule has 12 heteroatoms. The Morgan fingerprint density at radius 2 is 1.84 bits per heavy atom. The van der Waals surface area contributed by atoms with Crippen LogP contribution in [0, 0.1) is 25.5 Å². The highest BCUT2D eigenvalue weighted by Crippen LogP contribution is 2.34. The fourth-order valence-electron chi connectivity index (χ4n) is 4.08. The average Bonchev–Trinajstić information content (AvgIpc) is 2.83. The lowest BCUT2D eigenvalue weighted by molar-refractivity contribution is 0.0977. The number of halogens is 3. The van der Waals surface area contributed by atoms with Gasteiger partial charge in [0.1, 0.15) is 16.5 Å². The standard InChI is InChI=1S/C26H22ClF2N3O5S/c1-12-10-16(14(3)30-19-8-9-20(27)31-22(19)26(34)32-38(4,35)36)25-17(11-12)23(33)13(2)24(37-25)15-6-5-7-18(28)21(15)29/h5-11,14,30H,1-4H3,(H,32,34). The number of anilines is 1. The summed E-state index contributed by atoms with van der Waals surface area (Å²) >= 11 is 5.94. The van der Waals surface area contributed by atoms with Gasteiger partial charge in [-0.1, -0.05) is 23.7 Å². The van der Waals surface area contributed by atoms with Gasteiger partial charge in [0.25, 0.3) is 5.91 Å². The molecule has 0 aliphatic rings. The highest BCUT2D eigenvalue weighted by atomic mass is 35.5. The normalized spacial score (nSPS) is 12.4. The van der Waals surface area contributed by atoms with Gasteiger partial charge >= 0.3 is 0 Å². The summed E-state index contributed by atoms with van der Waals surface area (Å²) in [6.07, 6.45) is 0.826. The third kappa shape index (κ3) is 5.39. The molecule has 4 rings (SSSR count). The third-order valence-corrected chi connectivity index (χ3v) is 6.55. The van der Waals surface area contributed by atoms with Gasteiger partial charge in [0.05, 0.1) is 28.9 Å². The van der Waals surface area contributed by atoms with Crippen molar-refractivity contribution in [2.24, 2.45) is 0 Å². The first-order chi connectivity index (χ1) is 17.8. The number of aromatic nitrogens is 1. The minimum absolute atomic E-state index is 0.0360. The van der Waals surface area contributed by atoms with Crippen molar-refractivity contribution in [3.05, 3.63) is 91.9 Å². The van der Waals surface area contributed by atoms with Crippen LogP contribution in [0.25, 0.3) is 22.3 Å². The van der Waals surface area contributed by atoms with Gasteiger partial charge in [-0.3, -0.25) is 9.59 Å². The fourth-order valence-corrected chi connectivity index (χ4v) is 4.66. The van der Waals surface area contributed by atoms with E-state index in [1.807, 2.05) is 4.72 Å². The number of nitrogens with one attached hydrogen (secondary N) is 2. The second kappa shape index (κ2) is 10.1. The van der Waals surface area contributed by atoms with Gasteiger partial charge in [-0.05, 0) is 56.7 Å². The van der Waals surface area contributed by atoms with Crippen molar-refractivity contribution in [2.45, 2.75) is 26.8 Å². The summed E-state index contributed by atoms with van der Waals surface area (Å²) in [5.41, 5.74) is 0.713. The highest BCUT2D eigenvalue weighted by molar-refractivity contribution is 7.89. The van der Waals surface area contributed by atoms with Gasteiger partial charge in [0, 0.05) is 11.1 Å². The maximum atomic E-state index is 14.6. The first-order valence-electron chi connectivity index (χ1n) is 11.2. The molecular weight excluding hydrogens is 540 g/mol. The van der Waals surface area contributed by atoms with E-state index in [1.165, 1.54) is 31.2 Å². The Bertz CT molecular complexity index is 1770. The molecule has 0 radical (unpaired) electrons. The van der Waals surface area contributed by atoms with E-state index in [2.05, 4.69) is 10.3 Å². The second-order valence-corrected chi connectivity index (χ2v) is 11.0. The molecule has 0 aliphatic heterocycles. The molecule has 8 nitrogen and oxygen atoms in total. The van der Waals surface area contributed by atoms with E-state index >= 15 is 0 Å². The number of nitrogens with zero attached hydrogens (tertiary/aromatic N) is 1. The Kier molecular flexibility index (Phi) is 7.26. The van der Waals surface area contributed by atoms with Crippen LogP contribution in [0.5, 0.6) is 0 Å². The Labute approximate surface area is 221 Å². The van der Waals surface area contributed by atoms with Gasteiger partial charge in [-0.25, -0.2) is 26.9 Å². The van der Waals surface area contributed by atoms with Crippen LogP contribution in [0.15, 0.2) is 51.7 Å². The second-order valence-electron chi connectivity index (χ2n) is 8.82. The zero-order valence-electron chi connectivity index (χ0n) is 20.6. The average molecular weight is 562 g/mol. The number of benzene rings is 2. The lowest BCUT2D eigenvalue weighted by atomic mass is 9.98. The number of amides is 1. The van der Waals surface area contributed by atoms with Crippen molar-refractivity contribution in [1.29, 1.82) is 0 Å². The molecule has 4 aromatic rings. The van der Waals surface area contributed by atoms with Crippen molar-refractivity contribution in [3.8, 4) is 11.3 Å². The minimum atomic E-state index is -3.88. The molecule has 0 bridgehead atoms. The van der Waals surface area contributed by atoms with Crippen LogP contribution in [0.4, 0.5) is 14.5 Å². The van der Waals surface area contributed by atoms with Crippen LogP contribution in [0.3, 0.4) is 0 Å². The predicted octanol–water partition coefficient (Wildman–Crippen LogP) is 5.27. The molecule has 1 unspecified atom stereocenters. The van der Waals surface area contributed by atoms with Crippen LogP contribution in [0.1, 0.15) is 40.1 Å². The molecule has 2 aromatic heterocycles. The summed E-state index contributed by atoms with van der Waals surface area (Å²) in [5, 5.41) is 3.28. The third-order valence-electron chi connectivity index (χ3n) is 5.78. The summed E-state index contributed by atoms with van der Waals surface area (Å²) in [5.74, 6) is -3.34. The molecule has 2 aromatic carbocycles. The number of sulfonamides is 1. The first kappa shape index (κ1) is 27.2. The zero-order chi connectivity index (χ0) is 27.9. The lowest BCUT2D eigenvalue weighted by Crippen LogP contribution is -2.31. The molecule has 2 heterocycles.